The number of anilines is 2. The number of rotatable bonds is 19. The maximum Gasteiger partial charge on any atom is 0.501 e. The Bertz CT molecular complexity index is 2720. The first-order chi connectivity index (χ1) is 31.9. The van der Waals surface area contributed by atoms with Gasteiger partial charge < -0.3 is 20.4 Å². The van der Waals surface area contributed by atoms with E-state index < -0.39 is 82.5 Å². The second-order valence-corrected chi connectivity index (χ2v) is 20.9. The molecule has 0 aromatic heterocycles. The smallest absolute Gasteiger partial charge is 0.385 e. The molecule has 4 aromatic rings. The summed E-state index contributed by atoms with van der Waals surface area (Å²) >= 11 is 1.43. The number of hydrogen-bond acceptors (Lipinski definition) is 14. The molecule has 2 fully saturated rings. The molecule has 2 atom stereocenters. The molecule has 22 heteroatoms. The summed E-state index contributed by atoms with van der Waals surface area (Å²) in [6.45, 7) is 4.91. The number of sulfonamides is 1. The van der Waals surface area contributed by atoms with E-state index >= 15 is 0 Å². The molecule has 0 bridgehead atoms. The van der Waals surface area contributed by atoms with Crippen LogP contribution in [0.4, 0.5) is 24.5 Å². The Morgan fingerprint density at radius 2 is 1.45 bits per heavy atom. The minimum atomic E-state index is -6.08. The first kappa shape index (κ1) is 49.1. The fourth-order valence-electron chi connectivity index (χ4n) is 7.95. The molecule has 4 N–H and O–H groups in total. The van der Waals surface area contributed by atoms with Gasteiger partial charge in [-0.1, -0.05) is 36.4 Å². The molecule has 0 spiro atoms. The maximum atomic E-state index is 14.1. The Morgan fingerprint density at radius 1 is 0.791 bits per heavy atom. The van der Waals surface area contributed by atoms with Gasteiger partial charge in [0, 0.05) is 73.6 Å². The first-order valence-corrected chi connectivity index (χ1v) is 25.4. The van der Waals surface area contributed by atoms with E-state index in [2.05, 4.69) is 25.8 Å². The molecule has 4 aromatic carbocycles. The van der Waals surface area contributed by atoms with Crippen LogP contribution in [-0.4, -0.2) is 130 Å². The van der Waals surface area contributed by atoms with E-state index in [1.807, 2.05) is 30.3 Å². The number of carbonyl (C=O) groups excluding carboxylic acids is 5. The summed E-state index contributed by atoms with van der Waals surface area (Å²) in [5, 5.41) is 8.48. The third-order valence-electron chi connectivity index (χ3n) is 11.6. The van der Waals surface area contributed by atoms with Crippen molar-refractivity contribution in [1.29, 1.82) is 0 Å². The Balaban J connectivity index is 0.925. The molecule has 0 saturated carbocycles. The zero-order valence-corrected chi connectivity index (χ0v) is 38.4. The molecule has 3 heterocycles. The fraction of sp³-hybridized carbons (Fsp3) is 0.356. The lowest BCUT2D eigenvalue weighted by Crippen LogP contribution is -2.54. The van der Waals surface area contributed by atoms with Crippen LogP contribution in [0.3, 0.4) is 0 Å². The number of amides is 5. The molecule has 3 aliphatic rings. The molecular formula is C45H48F3N7O9S3. The molecule has 2 saturated heterocycles. The molecule has 16 nitrogen and oxygen atoms in total. The van der Waals surface area contributed by atoms with Crippen molar-refractivity contribution in [2.45, 2.75) is 64.4 Å². The Morgan fingerprint density at radius 3 is 2.12 bits per heavy atom. The predicted octanol–water partition coefficient (Wildman–Crippen LogP) is 4.97. The summed E-state index contributed by atoms with van der Waals surface area (Å²) in [5.41, 5.74) is -5.17. The second kappa shape index (κ2) is 21.0. The van der Waals surface area contributed by atoms with Crippen LogP contribution >= 0.6 is 11.8 Å². The van der Waals surface area contributed by atoms with Crippen molar-refractivity contribution >= 4 is 72.5 Å². The highest BCUT2D eigenvalue weighted by Crippen LogP contribution is 2.37. The van der Waals surface area contributed by atoms with Gasteiger partial charge in [-0.05, 0) is 92.9 Å². The van der Waals surface area contributed by atoms with E-state index in [4.69, 9.17) is 0 Å². The Kier molecular flexibility index (Phi) is 15.4. The average Bonchev–Trinajstić information content (AvgIpc) is 3.55. The van der Waals surface area contributed by atoms with Gasteiger partial charge in [0.05, 0.1) is 21.7 Å². The zero-order valence-electron chi connectivity index (χ0n) is 36.0. The van der Waals surface area contributed by atoms with Crippen molar-refractivity contribution in [1.82, 2.24) is 24.7 Å². The van der Waals surface area contributed by atoms with Crippen LogP contribution < -0.4 is 20.7 Å². The molecule has 7 rings (SSSR count). The van der Waals surface area contributed by atoms with Crippen molar-refractivity contribution in [2.75, 3.05) is 62.2 Å². The van der Waals surface area contributed by atoms with Crippen LogP contribution in [0.2, 0.25) is 0 Å². The van der Waals surface area contributed by atoms with E-state index in [1.165, 1.54) is 36.0 Å². The predicted molar refractivity (Wildman–Crippen MR) is 244 cm³/mol. The van der Waals surface area contributed by atoms with Gasteiger partial charge >= 0.3 is 5.51 Å². The van der Waals surface area contributed by atoms with E-state index in [9.17, 15) is 54.0 Å². The topological polar surface area (TPSA) is 211 Å². The molecular weight excluding hydrogens is 936 g/mol. The number of piperidine rings is 1. The lowest BCUT2D eigenvalue weighted by Gasteiger charge is -2.35. The standard InChI is InChI=1S/C45H48F3N7O9S3/c46-45(47,48)66(61,62)39-28-34(67(63,64)52-41(57)30-9-3-1-4-10-30)14-16-37(39)50-32(29-65-33-11-5-2-6-12-33)19-22-54-25-23-53(24-26-54)21-8-7-20-49-31-13-15-35-36(27-31)44(60)55(43(35)59)38-17-18-40(56)51-42(38)58/h1-6,9-16,27-28,32,38,49-50H,7-8,17-26,29H2,(H,52,57)(H,51,56,58)/t32-,38?/m1/s1. The highest BCUT2D eigenvalue weighted by molar-refractivity contribution is 7.99. The summed E-state index contributed by atoms with van der Waals surface area (Å²) in [6, 6.07) is 22.1. The number of unbranched alkanes of at least 4 members (excludes halogenated alkanes) is 1. The van der Waals surface area contributed by atoms with Crippen LogP contribution in [0.25, 0.3) is 0 Å². The second-order valence-electron chi connectivity index (χ2n) is 16.2. The number of hydrogen-bond donors (Lipinski definition) is 4. The van der Waals surface area contributed by atoms with Gasteiger partial charge in [0.25, 0.3) is 37.6 Å². The number of imide groups is 2. The summed E-state index contributed by atoms with van der Waals surface area (Å²) in [5.74, 6) is -2.97. The number of fused-ring (bicyclic) bond motifs is 1. The summed E-state index contributed by atoms with van der Waals surface area (Å²) in [7, 11) is -10.9. The van der Waals surface area contributed by atoms with Gasteiger partial charge in [0.1, 0.15) is 10.9 Å². The van der Waals surface area contributed by atoms with Gasteiger partial charge in [-0.2, -0.15) is 13.2 Å². The van der Waals surface area contributed by atoms with Crippen LogP contribution in [0.15, 0.2) is 112 Å². The number of carbonyl (C=O) groups is 5. The normalized spacial score (nSPS) is 17.8. The number of halogens is 3. The van der Waals surface area contributed by atoms with Crippen molar-refractivity contribution in [2.24, 2.45) is 0 Å². The van der Waals surface area contributed by atoms with Crippen molar-refractivity contribution < 1.29 is 54.0 Å². The molecule has 356 valence electrons. The summed E-state index contributed by atoms with van der Waals surface area (Å²) in [6.07, 6.45) is 2.19. The van der Waals surface area contributed by atoms with Crippen molar-refractivity contribution in [3.63, 3.8) is 0 Å². The zero-order chi connectivity index (χ0) is 47.9. The number of alkyl halides is 3. The van der Waals surface area contributed by atoms with E-state index in [0.717, 1.165) is 54.4 Å². The van der Waals surface area contributed by atoms with Crippen LogP contribution in [-0.2, 0) is 29.4 Å². The quantitative estimate of drug-likeness (QED) is 0.0556. The van der Waals surface area contributed by atoms with Crippen LogP contribution in [0.5, 0.6) is 0 Å². The summed E-state index contributed by atoms with van der Waals surface area (Å²) in [4.78, 5) is 67.1. The molecule has 5 amide bonds. The molecule has 0 aliphatic carbocycles. The van der Waals surface area contributed by atoms with Crippen molar-refractivity contribution in [3.8, 4) is 0 Å². The Hall–Kier alpha value is -5.81. The van der Waals surface area contributed by atoms with E-state index in [-0.39, 0.29) is 29.5 Å². The minimum Gasteiger partial charge on any atom is -0.385 e. The van der Waals surface area contributed by atoms with Gasteiger partial charge in [-0.25, -0.2) is 21.6 Å². The number of benzene rings is 4. The van der Waals surface area contributed by atoms with Gasteiger partial charge in [0.15, 0.2) is 0 Å². The monoisotopic (exact) mass is 983 g/mol. The molecule has 67 heavy (non-hydrogen) atoms. The fourth-order valence-corrected chi connectivity index (χ4v) is 11.0. The first-order valence-electron chi connectivity index (χ1n) is 21.5. The van der Waals surface area contributed by atoms with Crippen LogP contribution in [0, 0.1) is 0 Å². The van der Waals surface area contributed by atoms with Crippen LogP contribution in [0.1, 0.15) is 63.2 Å². The van der Waals surface area contributed by atoms with E-state index in [0.29, 0.717) is 50.1 Å². The van der Waals surface area contributed by atoms with Gasteiger partial charge in [0.2, 0.25) is 11.8 Å². The number of nitrogens with zero attached hydrogens (tertiary/aromatic N) is 3. The number of nitrogens with one attached hydrogen (secondary N) is 4. The largest absolute Gasteiger partial charge is 0.501 e. The molecule has 0 radical (unpaired) electrons. The SMILES string of the molecule is O=C1CCC(N2C(=O)c3ccc(NCCCCN4CCN(CC[C@H](CSc5ccccc5)Nc5ccc(S(=O)(=O)NC(=O)c6ccccc6)cc5S(=O)(=O)C(F)(F)F)CC4)cc3C2=O)C(=O)N1. The molecule has 3 aliphatic heterocycles. The third kappa shape index (κ3) is 11.8. The number of piperazine rings is 1. The van der Waals surface area contributed by atoms with E-state index in [1.54, 1.807) is 29.0 Å². The van der Waals surface area contributed by atoms with Crippen molar-refractivity contribution in [3.05, 3.63) is 114 Å². The Labute approximate surface area is 390 Å². The highest BCUT2D eigenvalue weighted by Gasteiger charge is 2.49. The lowest BCUT2D eigenvalue weighted by molar-refractivity contribution is -0.136. The maximum absolute atomic E-state index is 14.1. The third-order valence-corrected chi connectivity index (χ3v) is 15.6. The summed E-state index contributed by atoms with van der Waals surface area (Å²) < 4.78 is 96.6. The highest BCUT2D eigenvalue weighted by atomic mass is 32.2. The lowest BCUT2D eigenvalue weighted by atomic mass is 10.0. The molecule has 1 unspecified atom stereocenters. The van der Waals surface area contributed by atoms with Gasteiger partial charge in [-0.3, -0.25) is 34.2 Å². The van der Waals surface area contributed by atoms with Gasteiger partial charge in [-0.15, -0.1) is 11.8 Å². The number of thioether (sulfide) groups is 1. The average molecular weight is 984 g/mol. The number of sulfone groups is 1. The minimum absolute atomic E-state index is 0.0315.